The van der Waals surface area contributed by atoms with E-state index in [0.717, 1.165) is 33.8 Å². The maximum Gasteiger partial charge on any atom is 0.257 e. The SMILES string of the molecule is COc1cc(/C=C/C(=O)N2C(=Nc3ccccc3C)SCc3ccccc32)cc(OC)c1OC. The van der Waals surface area contributed by atoms with Crippen molar-refractivity contribution in [1.29, 1.82) is 0 Å². The number of thioether (sulfide) groups is 1. The van der Waals surface area contributed by atoms with Crippen LogP contribution in [0.25, 0.3) is 6.08 Å². The van der Waals surface area contributed by atoms with E-state index in [9.17, 15) is 4.79 Å². The maximum atomic E-state index is 13.5. The molecule has 34 heavy (non-hydrogen) atoms. The Balaban J connectivity index is 1.72. The predicted octanol–water partition coefficient (Wildman–Crippen LogP) is 6.00. The summed E-state index contributed by atoms with van der Waals surface area (Å²) in [5, 5.41) is 0.646. The molecule has 0 saturated carbocycles. The smallest absolute Gasteiger partial charge is 0.257 e. The van der Waals surface area contributed by atoms with Crippen LogP contribution in [0.4, 0.5) is 11.4 Å². The monoisotopic (exact) mass is 474 g/mol. The van der Waals surface area contributed by atoms with Crippen molar-refractivity contribution in [3.05, 3.63) is 83.4 Å². The van der Waals surface area contributed by atoms with E-state index in [2.05, 4.69) is 0 Å². The number of aliphatic imine (C=N–C) groups is 1. The van der Waals surface area contributed by atoms with E-state index in [1.54, 1.807) is 56.2 Å². The number of hydrogen-bond donors (Lipinski definition) is 0. The number of aryl methyl sites for hydroxylation is 1. The van der Waals surface area contributed by atoms with E-state index < -0.39 is 0 Å². The van der Waals surface area contributed by atoms with Crippen LogP contribution in [-0.2, 0) is 10.5 Å². The molecule has 1 amide bonds. The van der Waals surface area contributed by atoms with Crippen LogP contribution in [0.1, 0.15) is 16.7 Å². The zero-order chi connectivity index (χ0) is 24.1. The first-order valence-electron chi connectivity index (χ1n) is 10.7. The fourth-order valence-corrected chi connectivity index (χ4v) is 4.70. The van der Waals surface area contributed by atoms with Gasteiger partial charge in [0.1, 0.15) is 0 Å². The number of hydrogen-bond acceptors (Lipinski definition) is 6. The number of rotatable bonds is 6. The van der Waals surface area contributed by atoms with E-state index >= 15 is 0 Å². The second-order valence-corrected chi connectivity index (χ2v) is 8.51. The molecule has 0 atom stereocenters. The van der Waals surface area contributed by atoms with Gasteiger partial charge in [-0.2, -0.15) is 0 Å². The highest BCUT2D eigenvalue weighted by Crippen LogP contribution is 2.39. The van der Waals surface area contributed by atoms with Crippen molar-refractivity contribution in [1.82, 2.24) is 0 Å². The fraction of sp³-hybridized carbons (Fsp3) is 0.185. The summed E-state index contributed by atoms with van der Waals surface area (Å²) in [6, 6.07) is 19.4. The van der Waals surface area contributed by atoms with Crippen LogP contribution in [0.2, 0.25) is 0 Å². The van der Waals surface area contributed by atoms with E-state index in [4.69, 9.17) is 19.2 Å². The number of carbonyl (C=O) groups is 1. The lowest BCUT2D eigenvalue weighted by Gasteiger charge is -2.29. The van der Waals surface area contributed by atoms with E-state index in [1.165, 1.54) is 6.08 Å². The number of carbonyl (C=O) groups excluding carboxylic acids is 1. The molecule has 0 aliphatic carbocycles. The van der Waals surface area contributed by atoms with E-state index in [1.807, 2.05) is 55.5 Å². The van der Waals surface area contributed by atoms with Gasteiger partial charge in [-0.15, -0.1) is 0 Å². The molecule has 174 valence electrons. The molecule has 0 N–H and O–H groups in total. The number of fused-ring (bicyclic) bond motifs is 1. The molecule has 6 nitrogen and oxygen atoms in total. The number of nitrogens with zero attached hydrogens (tertiary/aromatic N) is 2. The molecule has 0 aromatic heterocycles. The Morgan fingerprint density at radius 3 is 2.32 bits per heavy atom. The van der Waals surface area contributed by atoms with Crippen molar-refractivity contribution in [3.63, 3.8) is 0 Å². The summed E-state index contributed by atoms with van der Waals surface area (Å²) in [6.45, 7) is 2.01. The molecule has 1 aliphatic rings. The summed E-state index contributed by atoms with van der Waals surface area (Å²) in [5.74, 6) is 2.11. The first-order valence-corrected chi connectivity index (χ1v) is 11.7. The first-order chi connectivity index (χ1) is 16.5. The molecular weight excluding hydrogens is 448 g/mol. The zero-order valence-corrected chi connectivity index (χ0v) is 20.4. The molecule has 0 bridgehead atoms. The molecule has 4 rings (SSSR count). The lowest BCUT2D eigenvalue weighted by Crippen LogP contribution is -2.37. The Kier molecular flexibility index (Phi) is 7.23. The van der Waals surface area contributed by atoms with Gasteiger partial charge in [-0.25, -0.2) is 4.99 Å². The van der Waals surface area contributed by atoms with Crippen molar-refractivity contribution in [2.24, 2.45) is 4.99 Å². The zero-order valence-electron chi connectivity index (χ0n) is 19.6. The highest BCUT2D eigenvalue weighted by atomic mass is 32.2. The van der Waals surface area contributed by atoms with Gasteiger partial charge >= 0.3 is 0 Å². The average Bonchev–Trinajstić information content (AvgIpc) is 2.87. The summed E-state index contributed by atoms with van der Waals surface area (Å²) >= 11 is 1.55. The Labute approximate surface area is 203 Å². The normalized spacial score (nSPS) is 14.2. The van der Waals surface area contributed by atoms with Crippen LogP contribution >= 0.6 is 11.8 Å². The summed E-state index contributed by atoms with van der Waals surface area (Å²) in [6.07, 6.45) is 3.27. The number of benzene rings is 3. The Hall–Kier alpha value is -3.71. The van der Waals surface area contributed by atoms with Crippen molar-refractivity contribution in [2.45, 2.75) is 12.7 Å². The second kappa shape index (κ2) is 10.5. The number of amidine groups is 1. The van der Waals surface area contributed by atoms with E-state index in [-0.39, 0.29) is 5.91 Å². The minimum atomic E-state index is -0.194. The summed E-state index contributed by atoms with van der Waals surface area (Å²) < 4.78 is 16.2. The third-order valence-electron chi connectivity index (χ3n) is 5.44. The molecule has 3 aromatic carbocycles. The first kappa shape index (κ1) is 23.4. The Morgan fingerprint density at radius 2 is 1.65 bits per heavy atom. The number of methoxy groups -OCH3 is 3. The molecule has 7 heteroatoms. The lowest BCUT2D eigenvalue weighted by molar-refractivity contribution is -0.113. The topological polar surface area (TPSA) is 60.4 Å². The van der Waals surface area contributed by atoms with Crippen molar-refractivity contribution >= 4 is 40.3 Å². The number of ether oxygens (including phenoxy) is 3. The van der Waals surface area contributed by atoms with Gasteiger partial charge in [0, 0.05) is 11.8 Å². The van der Waals surface area contributed by atoms with Crippen molar-refractivity contribution in [2.75, 3.05) is 26.2 Å². The van der Waals surface area contributed by atoms with Crippen LogP contribution in [0.15, 0.2) is 71.7 Å². The molecule has 0 saturated heterocycles. The highest BCUT2D eigenvalue weighted by Gasteiger charge is 2.27. The van der Waals surface area contributed by atoms with Gasteiger partial charge in [-0.3, -0.25) is 9.69 Å². The minimum absolute atomic E-state index is 0.194. The quantitative estimate of drug-likeness (QED) is 0.410. The van der Waals surface area contributed by atoms with Gasteiger partial charge in [-0.05, 0) is 54.0 Å². The summed E-state index contributed by atoms with van der Waals surface area (Å²) in [5.41, 5.74) is 4.57. The van der Waals surface area contributed by atoms with Crippen LogP contribution in [0.3, 0.4) is 0 Å². The van der Waals surface area contributed by atoms with Crippen LogP contribution < -0.4 is 19.1 Å². The van der Waals surface area contributed by atoms with Gasteiger partial charge in [-0.1, -0.05) is 48.2 Å². The van der Waals surface area contributed by atoms with E-state index in [0.29, 0.717) is 22.4 Å². The van der Waals surface area contributed by atoms with Crippen molar-refractivity contribution in [3.8, 4) is 17.2 Å². The Morgan fingerprint density at radius 1 is 0.971 bits per heavy atom. The minimum Gasteiger partial charge on any atom is -0.493 e. The molecular formula is C27H26N2O4S. The molecule has 3 aromatic rings. The van der Waals surface area contributed by atoms with Crippen LogP contribution in [-0.4, -0.2) is 32.4 Å². The third kappa shape index (κ3) is 4.79. The number of amides is 1. The molecule has 0 radical (unpaired) electrons. The van der Waals surface area contributed by atoms with Gasteiger partial charge in [0.15, 0.2) is 16.7 Å². The number of para-hydroxylation sites is 2. The van der Waals surface area contributed by atoms with Gasteiger partial charge < -0.3 is 14.2 Å². The summed E-state index contributed by atoms with van der Waals surface area (Å²) in [7, 11) is 4.68. The van der Waals surface area contributed by atoms with Crippen LogP contribution in [0, 0.1) is 6.92 Å². The predicted molar refractivity (Wildman–Crippen MR) is 139 cm³/mol. The highest BCUT2D eigenvalue weighted by molar-refractivity contribution is 8.13. The molecule has 1 aliphatic heterocycles. The third-order valence-corrected chi connectivity index (χ3v) is 6.43. The molecule has 0 unspecified atom stereocenters. The summed E-state index contributed by atoms with van der Waals surface area (Å²) in [4.78, 5) is 20.0. The lowest BCUT2D eigenvalue weighted by atomic mass is 10.1. The van der Waals surface area contributed by atoms with Gasteiger partial charge in [0.05, 0.1) is 32.7 Å². The van der Waals surface area contributed by atoms with Crippen molar-refractivity contribution < 1.29 is 19.0 Å². The number of anilines is 1. The fourth-order valence-electron chi connectivity index (χ4n) is 3.69. The standard InChI is InChI=1S/C27H26N2O4S/c1-18-9-5-7-11-21(18)28-27-29(22-12-8-6-10-20(22)17-34-27)25(30)14-13-19-15-23(31-2)26(33-4)24(16-19)32-3/h5-16H,17H2,1-4H3/b14-13+,28-27?. The van der Waals surface area contributed by atoms with Gasteiger partial charge in [0.2, 0.25) is 5.75 Å². The van der Waals surface area contributed by atoms with Gasteiger partial charge in [0.25, 0.3) is 5.91 Å². The molecule has 0 fully saturated rings. The van der Waals surface area contributed by atoms with Crippen LogP contribution in [0.5, 0.6) is 17.2 Å². The molecule has 1 heterocycles. The average molecular weight is 475 g/mol. The Bertz CT molecular complexity index is 1240. The largest absolute Gasteiger partial charge is 0.493 e. The molecule has 0 spiro atoms. The maximum absolute atomic E-state index is 13.5. The second-order valence-electron chi connectivity index (χ2n) is 7.56.